The molecule has 2 saturated heterocycles. The molecule has 2 aromatic carbocycles. The Kier molecular flexibility index (Phi) is 6.33. The first-order valence-corrected chi connectivity index (χ1v) is 11.2. The Morgan fingerprint density at radius 1 is 0.967 bits per heavy atom. The summed E-state index contributed by atoms with van der Waals surface area (Å²) in [5, 5.41) is 0. The fourth-order valence-corrected chi connectivity index (χ4v) is 5.11. The Balaban J connectivity index is 1.55. The molecule has 0 aliphatic carbocycles. The molecule has 4 heteroatoms. The number of Topliss-reactive ketones (excluding diaryl/α,β-unsaturated/α-hetero) is 1. The zero-order chi connectivity index (χ0) is 21.1. The van der Waals surface area contributed by atoms with E-state index in [0.717, 1.165) is 55.6 Å². The SMILES string of the molecule is Cc1cc(C)cc(C(=O)N2CC[C@@H](N3CCC(=O)CC3)C[C@@H]2Cc2ccccc2)c1. The molecule has 4 nitrogen and oxygen atoms in total. The van der Waals surface area contributed by atoms with Crippen molar-refractivity contribution in [2.24, 2.45) is 0 Å². The Morgan fingerprint density at radius 2 is 1.63 bits per heavy atom. The molecule has 0 bridgehead atoms. The maximum atomic E-state index is 13.5. The number of rotatable bonds is 4. The molecule has 0 aromatic heterocycles. The summed E-state index contributed by atoms with van der Waals surface area (Å²) in [6.45, 7) is 6.61. The predicted molar refractivity (Wildman–Crippen MR) is 120 cm³/mol. The number of ketones is 1. The van der Waals surface area contributed by atoms with Gasteiger partial charge in [0, 0.05) is 50.1 Å². The molecule has 2 aliphatic heterocycles. The number of likely N-dealkylation sites (tertiary alicyclic amines) is 2. The van der Waals surface area contributed by atoms with Crippen molar-refractivity contribution >= 4 is 11.7 Å². The molecular weight excluding hydrogens is 372 g/mol. The average Bonchev–Trinajstić information content (AvgIpc) is 2.74. The normalized spacial score (nSPS) is 22.9. The third kappa shape index (κ3) is 4.81. The molecule has 0 N–H and O–H groups in total. The summed E-state index contributed by atoms with van der Waals surface area (Å²) in [6, 6.07) is 17.3. The minimum atomic E-state index is 0.148. The minimum Gasteiger partial charge on any atom is -0.335 e. The molecule has 0 unspecified atom stereocenters. The number of carbonyl (C=O) groups excluding carboxylic acids is 2. The van der Waals surface area contributed by atoms with E-state index < -0.39 is 0 Å². The third-order valence-corrected chi connectivity index (χ3v) is 6.60. The lowest BCUT2D eigenvalue weighted by molar-refractivity contribution is -0.122. The van der Waals surface area contributed by atoms with Crippen LogP contribution >= 0.6 is 0 Å². The number of benzene rings is 2. The fourth-order valence-electron chi connectivity index (χ4n) is 5.11. The maximum Gasteiger partial charge on any atom is 0.254 e. The van der Waals surface area contributed by atoms with E-state index in [9.17, 15) is 9.59 Å². The highest BCUT2D eigenvalue weighted by Crippen LogP contribution is 2.28. The van der Waals surface area contributed by atoms with Gasteiger partial charge in [0.15, 0.2) is 0 Å². The summed E-state index contributed by atoms with van der Waals surface area (Å²) in [6.07, 6.45) is 4.17. The summed E-state index contributed by atoms with van der Waals surface area (Å²) < 4.78 is 0. The summed E-state index contributed by atoms with van der Waals surface area (Å²) in [7, 11) is 0. The second kappa shape index (κ2) is 9.13. The molecule has 2 fully saturated rings. The van der Waals surface area contributed by atoms with Gasteiger partial charge in [0.25, 0.3) is 5.91 Å². The standard InChI is InChI=1S/C26H32N2O2/c1-19-14-20(2)16-22(15-19)26(30)28-13-8-23(27-11-9-25(29)10-12-27)18-24(28)17-21-6-4-3-5-7-21/h3-7,14-16,23-24H,8-13,17-18H2,1-2H3/t23-,24+/m1/s1. The first-order chi connectivity index (χ1) is 14.5. The minimum absolute atomic E-state index is 0.148. The highest BCUT2D eigenvalue weighted by atomic mass is 16.2. The molecule has 2 aromatic rings. The molecule has 2 atom stereocenters. The summed E-state index contributed by atoms with van der Waals surface area (Å²) in [5.41, 5.74) is 4.33. The van der Waals surface area contributed by atoms with E-state index in [-0.39, 0.29) is 11.9 Å². The van der Waals surface area contributed by atoms with Gasteiger partial charge >= 0.3 is 0 Å². The quantitative estimate of drug-likeness (QED) is 0.767. The van der Waals surface area contributed by atoms with Crippen LogP contribution in [-0.4, -0.2) is 53.2 Å². The molecule has 158 valence electrons. The number of amides is 1. The van der Waals surface area contributed by atoms with Gasteiger partial charge in [0.1, 0.15) is 5.78 Å². The zero-order valence-corrected chi connectivity index (χ0v) is 18.1. The molecule has 2 heterocycles. The maximum absolute atomic E-state index is 13.5. The first kappa shape index (κ1) is 20.8. The molecular formula is C26H32N2O2. The van der Waals surface area contributed by atoms with E-state index in [1.807, 2.05) is 18.2 Å². The van der Waals surface area contributed by atoms with Crippen molar-refractivity contribution in [1.29, 1.82) is 0 Å². The summed E-state index contributed by atoms with van der Waals surface area (Å²) in [4.78, 5) is 29.8. The van der Waals surface area contributed by atoms with Gasteiger partial charge in [-0.3, -0.25) is 14.5 Å². The lowest BCUT2D eigenvalue weighted by atomic mass is 9.89. The third-order valence-electron chi connectivity index (χ3n) is 6.60. The van der Waals surface area contributed by atoms with E-state index in [0.29, 0.717) is 24.7 Å². The van der Waals surface area contributed by atoms with Crippen LogP contribution < -0.4 is 0 Å². The molecule has 2 aliphatic rings. The fraction of sp³-hybridized carbons (Fsp3) is 0.462. The van der Waals surface area contributed by atoms with Gasteiger partial charge in [-0.2, -0.15) is 0 Å². The molecule has 0 saturated carbocycles. The lowest BCUT2D eigenvalue weighted by Gasteiger charge is -2.44. The van der Waals surface area contributed by atoms with Crippen molar-refractivity contribution in [2.45, 2.75) is 58.0 Å². The Morgan fingerprint density at radius 3 is 2.30 bits per heavy atom. The van der Waals surface area contributed by atoms with Crippen LogP contribution in [-0.2, 0) is 11.2 Å². The highest BCUT2D eigenvalue weighted by molar-refractivity contribution is 5.95. The van der Waals surface area contributed by atoms with E-state index in [2.05, 4.69) is 54.0 Å². The van der Waals surface area contributed by atoms with Gasteiger partial charge in [0.2, 0.25) is 0 Å². The van der Waals surface area contributed by atoms with Crippen LogP contribution in [0, 0.1) is 13.8 Å². The number of hydrogen-bond donors (Lipinski definition) is 0. The van der Waals surface area contributed by atoms with E-state index in [1.165, 1.54) is 5.56 Å². The predicted octanol–water partition coefficient (Wildman–Crippen LogP) is 4.18. The van der Waals surface area contributed by atoms with Gasteiger partial charge in [-0.15, -0.1) is 0 Å². The van der Waals surface area contributed by atoms with Gasteiger partial charge < -0.3 is 4.90 Å². The van der Waals surface area contributed by atoms with Crippen molar-refractivity contribution in [2.75, 3.05) is 19.6 Å². The van der Waals surface area contributed by atoms with Crippen LogP contribution in [0.15, 0.2) is 48.5 Å². The van der Waals surface area contributed by atoms with Crippen LogP contribution in [0.1, 0.15) is 52.7 Å². The van der Waals surface area contributed by atoms with Gasteiger partial charge in [-0.1, -0.05) is 47.5 Å². The van der Waals surface area contributed by atoms with Crippen molar-refractivity contribution in [1.82, 2.24) is 9.80 Å². The number of aryl methyl sites for hydroxylation is 2. The zero-order valence-electron chi connectivity index (χ0n) is 18.1. The van der Waals surface area contributed by atoms with Crippen LogP contribution in [0.3, 0.4) is 0 Å². The highest BCUT2D eigenvalue weighted by Gasteiger charge is 2.35. The summed E-state index contributed by atoms with van der Waals surface area (Å²) >= 11 is 0. The first-order valence-electron chi connectivity index (χ1n) is 11.2. The Labute approximate surface area is 179 Å². The van der Waals surface area contributed by atoms with E-state index in [4.69, 9.17) is 0 Å². The van der Waals surface area contributed by atoms with Crippen molar-refractivity contribution in [3.8, 4) is 0 Å². The number of carbonyl (C=O) groups is 2. The molecule has 1 amide bonds. The Hall–Kier alpha value is -2.46. The van der Waals surface area contributed by atoms with Crippen molar-refractivity contribution < 1.29 is 9.59 Å². The smallest absolute Gasteiger partial charge is 0.254 e. The number of piperidine rings is 2. The average molecular weight is 405 g/mol. The van der Waals surface area contributed by atoms with Crippen LogP contribution in [0.25, 0.3) is 0 Å². The van der Waals surface area contributed by atoms with Gasteiger partial charge in [0.05, 0.1) is 0 Å². The second-order valence-corrected chi connectivity index (χ2v) is 8.97. The molecule has 4 rings (SSSR count). The molecule has 0 radical (unpaired) electrons. The largest absolute Gasteiger partial charge is 0.335 e. The van der Waals surface area contributed by atoms with Gasteiger partial charge in [-0.25, -0.2) is 0 Å². The van der Waals surface area contributed by atoms with E-state index >= 15 is 0 Å². The molecule has 0 spiro atoms. The Bertz CT molecular complexity index is 878. The second-order valence-electron chi connectivity index (χ2n) is 8.97. The number of hydrogen-bond acceptors (Lipinski definition) is 3. The van der Waals surface area contributed by atoms with Crippen molar-refractivity contribution in [3.05, 3.63) is 70.8 Å². The van der Waals surface area contributed by atoms with Crippen molar-refractivity contribution in [3.63, 3.8) is 0 Å². The molecule has 30 heavy (non-hydrogen) atoms. The monoisotopic (exact) mass is 404 g/mol. The van der Waals surface area contributed by atoms with Crippen LogP contribution in [0.4, 0.5) is 0 Å². The van der Waals surface area contributed by atoms with Crippen LogP contribution in [0.5, 0.6) is 0 Å². The van der Waals surface area contributed by atoms with E-state index in [1.54, 1.807) is 0 Å². The van der Waals surface area contributed by atoms with Gasteiger partial charge in [-0.05, 0) is 50.8 Å². The number of nitrogens with zero attached hydrogens (tertiary/aromatic N) is 2. The topological polar surface area (TPSA) is 40.6 Å². The summed E-state index contributed by atoms with van der Waals surface area (Å²) in [5.74, 6) is 0.532. The lowest BCUT2D eigenvalue weighted by Crippen LogP contribution is -2.54. The van der Waals surface area contributed by atoms with Crippen LogP contribution in [0.2, 0.25) is 0 Å².